The van der Waals surface area contributed by atoms with Gasteiger partial charge in [0.15, 0.2) is 5.16 Å². The van der Waals surface area contributed by atoms with Crippen molar-refractivity contribution in [1.29, 1.82) is 0 Å². The summed E-state index contributed by atoms with van der Waals surface area (Å²) in [5.74, 6) is 1.95. The monoisotopic (exact) mass is 438 g/mol. The second kappa shape index (κ2) is 8.57. The first-order valence-electron chi connectivity index (χ1n) is 9.71. The summed E-state index contributed by atoms with van der Waals surface area (Å²) in [6.07, 6.45) is 2.39. The van der Waals surface area contributed by atoms with Crippen LogP contribution in [0, 0.1) is 5.82 Å². The molecule has 1 saturated carbocycles. The molecule has 0 bridgehead atoms. The Labute approximate surface area is 181 Å². The van der Waals surface area contributed by atoms with Gasteiger partial charge in [-0.3, -0.25) is 0 Å². The minimum absolute atomic E-state index is 0.276. The van der Waals surface area contributed by atoms with E-state index < -0.39 is 0 Å². The number of nitrogens with one attached hydrogen (secondary N) is 1. The fraction of sp³-hybridized carbons (Fsp3) is 0.227. The molecule has 8 heteroatoms. The normalized spacial score (nSPS) is 13.5. The van der Waals surface area contributed by atoms with Crippen LogP contribution in [-0.2, 0) is 12.4 Å². The highest BCUT2D eigenvalue weighted by Gasteiger charge is 2.22. The Hall–Kier alpha value is -2.71. The van der Waals surface area contributed by atoms with E-state index in [-0.39, 0.29) is 5.82 Å². The van der Waals surface area contributed by atoms with Gasteiger partial charge in [0.2, 0.25) is 0 Å². The maximum atomic E-state index is 13.0. The van der Waals surface area contributed by atoms with Crippen LogP contribution in [0.1, 0.15) is 23.5 Å². The highest BCUT2D eigenvalue weighted by molar-refractivity contribution is 7.98. The van der Waals surface area contributed by atoms with Crippen molar-refractivity contribution in [3.05, 3.63) is 70.4 Å². The number of halogens is 1. The van der Waals surface area contributed by atoms with Crippen molar-refractivity contribution in [1.82, 2.24) is 15.0 Å². The lowest BCUT2D eigenvalue weighted by atomic mass is 10.2. The molecule has 152 valence electrons. The smallest absolute Gasteiger partial charge is 0.190 e. The number of anilines is 1. The van der Waals surface area contributed by atoms with Crippen LogP contribution in [-0.4, -0.2) is 21.0 Å². The molecule has 5 nitrogen and oxygen atoms in total. The van der Waals surface area contributed by atoms with Gasteiger partial charge in [-0.1, -0.05) is 23.9 Å². The van der Waals surface area contributed by atoms with E-state index in [1.807, 2.05) is 23.6 Å². The first-order chi connectivity index (χ1) is 14.7. The summed E-state index contributed by atoms with van der Waals surface area (Å²) in [6, 6.07) is 14.6. The third-order valence-corrected chi connectivity index (χ3v) is 6.38. The minimum atomic E-state index is -0.276. The van der Waals surface area contributed by atoms with Crippen molar-refractivity contribution in [3.8, 4) is 5.75 Å². The lowest BCUT2D eigenvalue weighted by molar-refractivity contribution is 0.305. The molecule has 0 saturated heterocycles. The van der Waals surface area contributed by atoms with Crippen LogP contribution in [0.5, 0.6) is 5.75 Å². The van der Waals surface area contributed by atoms with Gasteiger partial charge in [0.1, 0.15) is 29.0 Å². The second-order valence-electron chi connectivity index (χ2n) is 7.05. The largest absolute Gasteiger partial charge is 0.486 e. The zero-order chi connectivity index (χ0) is 20.3. The predicted molar refractivity (Wildman–Crippen MR) is 119 cm³/mol. The molecule has 4 aromatic rings. The first-order valence-corrected chi connectivity index (χ1v) is 11.6. The first kappa shape index (κ1) is 19.3. The van der Waals surface area contributed by atoms with Gasteiger partial charge in [-0.25, -0.2) is 19.3 Å². The van der Waals surface area contributed by atoms with Crippen molar-refractivity contribution >= 4 is 39.8 Å². The lowest BCUT2D eigenvalue weighted by Crippen LogP contribution is -2.05. The molecule has 1 aliphatic carbocycles. The van der Waals surface area contributed by atoms with Gasteiger partial charge in [0.25, 0.3) is 0 Å². The van der Waals surface area contributed by atoms with Crippen molar-refractivity contribution in [2.75, 3.05) is 5.32 Å². The highest BCUT2D eigenvalue weighted by Crippen LogP contribution is 2.30. The molecule has 0 spiro atoms. The van der Waals surface area contributed by atoms with Crippen LogP contribution in [0.15, 0.2) is 59.1 Å². The molecule has 30 heavy (non-hydrogen) atoms. The molecule has 2 heterocycles. The van der Waals surface area contributed by atoms with Gasteiger partial charge in [0, 0.05) is 22.6 Å². The molecule has 0 amide bonds. The van der Waals surface area contributed by atoms with E-state index in [0.717, 1.165) is 32.6 Å². The van der Waals surface area contributed by atoms with E-state index in [1.165, 1.54) is 25.0 Å². The molecule has 0 aliphatic heterocycles. The summed E-state index contributed by atoms with van der Waals surface area (Å²) < 4.78 is 18.6. The van der Waals surface area contributed by atoms with Gasteiger partial charge in [-0.05, 0) is 49.2 Å². The predicted octanol–water partition coefficient (Wildman–Crippen LogP) is 5.67. The Balaban J connectivity index is 1.24. The zero-order valence-electron chi connectivity index (χ0n) is 16.0. The van der Waals surface area contributed by atoms with E-state index in [4.69, 9.17) is 14.7 Å². The number of ether oxygens (including phenoxy) is 1. The van der Waals surface area contributed by atoms with Crippen LogP contribution in [0.3, 0.4) is 0 Å². The molecule has 0 atom stereocenters. The SMILES string of the molecule is Fc1ccc(OCc2nc(CSc3nc(NC4CC4)c4ccccc4n3)cs2)cc1. The van der Waals surface area contributed by atoms with Crippen LogP contribution in [0.2, 0.25) is 0 Å². The van der Waals surface area contributed by atoms with Gasteiger partial charge in [-0.2, -0.15) is 0 Å². The number of thiazole rings is 1. The molecular formula is C22H19FN4OS2. The van der Waals surface area contributed by atoms with Crippen LogP contribution >= 0.6 is 23.1 Å². The molecule has 0 radical (unpaired) electrons. The molecule has 1 aliphatic rings. The Morgan fingerprint density at radius 3 is 2.73 bits per heavy atom. The van der Waals surface area contributed by atoms with Gasteiger partial charge < -0.3 is 10.1 Å². The van der Waals surface area contributed by atoms with E-state index in [1.54, 1.807) is 35.2 Å². The van der Waals surface area contributed by atoms with E-state index in [0.29, 0.717) is 24.2 Å². The van der Waals surface area contributed by atoms with E-state index >= 15 is 0 Å². The molecule has 1 fully saturated rings. The lowest BCUT2D eigenvalue weighted by Gasteiger charge is -2.09. The number of para-hydroxylation sites is 1. The number of hydrogen-bond donors (Lipinski definition) is 1. The number of thioether (sulfide) groups is 1. The standard InChI is InChI=1S/C22H19FN4OS2/c23-14-5-9-17(10-6-14)28-11-20-24-16(12-29-20)13-30-22-26-19-4-2-1-3-18(19)21(27-22)25-15-7-8-15/h1-6,9-10,12,15H,7-8,11,13H2,(H,25,26,27). The van der Waals surface area contributed by atoms with E-state index in [9.17, 15) is 4.39 Å². The van der Waals surface area contributed by atoms with Gasteiger partial charge >= 0.3 is 0 Å². The topological polar surface area (TPSA) is 59.9 Å². The average Bonchev–Trinajstić information content (AvgIpc) is 3.47. The fourth-order valence-electron chi connectivity index (χ4n) is 2.95. The summed E-state index contributed by atoms with van der Waals surface area (Å²) in [6.45, 7) is 0.364. The summed E-state index contributed by atoms with van der Waals surface area (Å²) in [4.78, 5) is 14.1. The third kappa shape index (κ3) is 4.71. The maximum Gasteiger partial charge on any atom is 0.190 e. The van der Waals surface area contributed by atoms with Crippen molar-refractivity contribution in [2.45, 2.75) is 36.4 Å². The number of benzene rings is 2. The third-order valence-electron chi connectivity index (χ3n) is 4.63. The van der Waals surface area contributed by atoms with E-state index in [2.05, 4.69) is 16.4 Å². The summed E-state index contributed by atoms with van der Waals surface area (Å²) in [7, 11) is 0. The van der Waals surface area contributed by atoms with Crippen LogP contribution in [0.25, 0.3) is 10.9 Å². The number of fused-ring (bicyclic) bond motifs is 1. The Morgan fingerprint density at radius 1 is 1.07 bits per heavy atom. The molecule has 2 aromatic heterocycles. The maximum absolute atomic E-state index is 13.0. The van der Waals surface area contributed by atoms with Gasteiger partial charge in [0.05, 0.1) is 11.2 Å². The van der Waals surface area contributed by atoms with Crippen molar-refractivity contribution in [3.63, 3.8) is 0 Å². The molecule has 5 rings (SSSR count). The summed E-state index contributed by atoms with van der Waals surface area (Å²) in [5, 5.41) is 8.23. The molecular weight excluding hydrogens is 419 g/mol. The Morgan fingerprint density at radius 2 is 1.90 bits per heavy atom. The number of hydrogen-bond acceptors (Lipinski definition) is 7. The molecule has 0 unspecified atom stereocenters. The average molecular weight is 439 g/mol. The van der Waals surface area contributed by atoms with Gasteiger partial charge in [-0.15, -0.1) is 11.3 Å². The fourth-order valence-corrected chi connectivity index (χ4v) is 4.50. The number of aromatic nitrogens is 3. The quantitative estimate of drug-likeness (QED) is 0.282. The zero-order valence-corrected chi connectivity index (χ0v) is 17.7. The number of nitrogens with zero attached hydrogens (tertiary/aromatic N) is 3. The Kier molecular flexibility index (Phi) is 5.50. The van der Waals surface area contributed by atoms with Crippen molar-refractivity contribution in [2.24, 2.45) is 0 Å². The summed E-state index contributed by atoms with van der Waals surface area (Å²) >= 11 is 3.13. The molecule has 2 aromatic carbocycles. The van der Waals surface area contributed by atoms with Crippen LogP contribution in [0.4, 0.5) is 10.2 Å². The second-order valence-corrected chi connectivity index (χ2v) is 8.94. The number of rotatable bonds is 8. The highest BCUT2D eigenvalue weighted by atomic mass is 32.2. The molecule has 1 N–H and O–H groups in total. The van der Waals surface area contributed by atoms with Crippen LogP contribution < -0.4 is 10.1 Å². The Bertz CT molecular complexity index is 1160. The van der Waals surface area contributed by atoms with Crippen molar-refractivity contribution < 1.29 is 9.13 Å². The summed E-state index contributed by atoms with van der Waals surface area (Å²) in [5.41, 5.74) is 1.92. The minimum Gasteiger partial charge on any atom is -0.486 e.